The van der Waals surface area contributed by atoms with E-state index in [2.05, 4.69) is 39.2 Å². The highest BCUT2D eigenvalue weighted by atomic mass is 32.1. The first-order valence-electron chi connectivity index (χ1n) is 8.76. The van der Waals surface area contributed by atoms with Crippen molar-refractivity contribution < 1.29 is 0 Å². The van der Waals surface area contributed by atoms with Crippen LogP contribution >= 0.6 is 22.7 Å². The van der Waals surface area contributed by atoms with Crippen molar-refractivity contribution in [1.29, 1.82) is 0 Å². The van der Waals surface area contributed by atoms with Crippen LogP contribution < -0.4 is 0 Å². The number of para-hydroxylation sites is 3. The van der Waals surface area contributed by atoms with Crippen LogP contribution in [-0.2, 0) is 0 Å². The molecule has 3 nitrogen and oxygen atoms in total. The van der Waals surface area contributed by atoms with Gasteiger partial charge in [0, 0.05) is 11.6 Å². The molecule has 3 heterocycles. The molecule has 5 heteroatoms. The van der Waals surface area contributed by atoms with Crippen LogP contribution in [0.2, 0.25) is 0 Å². The molecule has 3 aromatic carbocycles. The Morgan fingerprint density at radius 3 is 1.54 bits per heavy atom. The van der Waals surface area contributed by atoms with Crippen molar-refractivity contribution in [3.8, 4) is 0 Å². The third kappa shape index (κ3) is 4.57. The van der Waals surface area contributed by atoms with Crippen LogP contribution in [0.15, 0.2) is 102 Å². The molecular formula is C23H17N3S2. The van der Waals surface area contributed by atoms with Crippen molar-refractivity contribution in [3.05, 3.63) is 102 Å². The summed E-state index contributed by atoms with van der Waals surface area (Å²) < 4.78 is 2.52. The number of fused-ring (bicyclic) bond motifs is 3. The van der Waals surface area contributed by atoms with E-state index < -0.39 is 0 Å². The SMILES string of the molecule is c1ccc2ncccc2c1.c1ccc2scnc2c1.c1ccc2scnc2c1. The predicted octanol–water partition coefficient (Wildman–Crippen LogP) is 6.83. The van der Waals surface area contributed by atoms with Gasteiger partial charge in [-0.3, -0.25) is 4.98 Å². The molecule has 0 amide bonds. The molecule has 6 aromatic rings. The molecule has 0 spiro atoms. The zero-order valence-electron chi connectivity index (χ0n) is 15.0. The molecule has 0 bridgehead atoms. The van der Waals surface area contributed by atoms with Gasteiger partial charge in [-0.25, -0.2) is 9.97 Å². The number of hydrogen-bond acceptors (Lipinski definition) is 5. The molecule has 0 aliphatic heterocycles. The molecule has 136 valence electrons. The van der Waals surface area contributed by atoms with E-state index in [0.717, 1.165) is 16.6 Å². The van der Waals surface area contributed by atoms with Gasteiger partial charge in [0.1, 0.15) is 0 Å². The van der Waals surface area contributed by atoms with Gasteiger partial charge in [-0.1, -0.05) is 48.5 Å². The lowest BCUT2D eigenvalue weighted by Crippen LogP contribution is -1.73. The van der Waals surface area contributed by atoms with Crippen molar-refractivity contribution in [3.63, 3.8) is 0 Å². The fourth-order valence-corrected chi connectivity index (χ4v) is 3.98. The smallest absolute Gasteiger partial charge is 0.0812 e. The molecule has 0 atom stereocenters. The lowest BCUT2D eigenvalue weighted by Gasteiger charge is -1.91. The second-order valence-electron chi connectivity index (χ2n) is 5.84. The highest BCUT2D eigenvalue weighted by molar-refractivity contribution is 7.17. The average molecular weight is 400 g/mol. The molecule has 0 aliphatic rings. The third-order valence-electron chi connectivity index (χ3n) is 3.99. The summed E-state index contributed by atoms with van der Waals surface area (Å²) in [6.45, 7) is 0. The van der Waals surface area contributed by atoms with Crippen molar-refractivity contribution >= 4 is 54.0 Å². The van der Waals surface area contributed by atoms with Gasteiger partial charge in [-0.15, -0.1) is 22.7 Å². The summed E-state index contributed by atoms with van der Waals surface area (Å²) in [7, 11) is 0. The van der Waals surface area contributed by atoms with E-state index in [0.29, 0.717) is 0 Å². The molecule has 28 heavy (non-hydrogen) atoms. The summed E-state index contributed by atoms with van der Waals surface area (Å²) in [4.78, 5) is 12.5. The molecule has 6 rings (SSSR count). The minimum atomic E-state index is 1.06. The number of benzene rings is 3. The lowest BCUT2D eigenvalue weighted by atomic mass is 10.2. The van der Waals surface area contributed by atoms with Gasteiger partial charge in [0.25, 0.3) is 0 Å². The highest BCUT2D eigenvalue weighted by Gasteiger charge is 1.90. The maximum atomic E-state index is 4.18. The van der Waals surface area contributed by atoms with Crippen molar-refractivity contribution in [2.24, 2.45) is 0 Å². The molecule has 3 aromatic heterocycles. The Morgan fingerprint density at radius 1 is 0.464 bits per heavy atom. The molecular weight excluding hydrogens is 382 g/mol. The molecule has 0 radical (unpaired) electrons. The standard InChI is InChI=1S/C9H7N.2C7H5NS/c1-2-6-9-8(4-1)5-3-7-10-9;2*1-2-4-7-6(3-1)8-5-9-7/h1-7H;2*1-5H. The van der Waals surface area contributed by atoms with Gasteiger partial charge in [-0.05, 0) is 36.4 Å². The maximum absolute atomic E-state index is 4.18. The van der Waals surface area contributed by atoms with E-state index in [-0.39, 0.29) is 0 Å². The second kappa shape index (κ2) is 9.17. The Balaban J connectivity index is 0.000000103. The van der Waals surface area contributed by atoms with Crippen molar-refractivity contribution in [2.75, 3.05) is 0 Å². The van der Waals surface area contributed by atoms with Gasteiger partial charge in [-0.2, -0.15) is 0 Å². The number of pyridine rings is 1. The Kier molecular flexibility index (Phi) is 5.97. The summed E-state index contributed by atoms with van der Waals surface area (Å²) in [6, 6.07) is 28.3. The third-order valence-corrected chi connectivity index (χ3v) is 5.61. The maximum Gasteiger partial charge on any atom is 0.0812 e. The summed E-state index contributed by atoms with van der Waals surface area (Å²) in [5.41, 5.74) is 6.99. The topological polar surface area (TPSA) is 38.7 Å². The monoisotopic (exact) mass is 399 g/mol. The summed E-state index contributed by atoms with van der Waals surface area (Å²) in [6.07, 6.45) is 1.81. The van der Waals surface area contributed by atoms with Crippen LogP contribution in [0.3, 0.4) is 0 Å². The van der Waals surface area contributed by atoms with E-state index in [1.807, 2.05) is 77.9 Å². The number of thiazole rings is 2. The molecule has 0 fully saturated rings. The van der Waals surface area contributed by atoms with Gasteiger partial charge in [0.2, 0.25) is 0 Å². The van der Waals surface area contributed by atoms with E-state index in [1.165, 1.54) is 14.8 Å². The van der Waals surface area contributed by atoms with Crippen LogP contribution in [0.1, 0.15) is 0 Å². The zero-order valence-corrected chi connectivity index (χ0v) is 16.6. The fourth-order valence-electron chi connectivity index (χ4n) is 2.62. The predicted molar refractivity (Wildman–Crippen MR) is 121 cm³/mol. The first-order chi connectivity index (χ1) is 13.9. The number of nitrogens with zero attached hydrogens (tertiary/aromatic N) is 3. The van der Waals surface area contributed by atoms with Gasteiger partial charge in [0.05, 0.1) is 37.0 Å². The Bertz CT molecular complexity index is 1100. The molecule has 0 unspecified atom stereocenters. The normalized spacial score (nSPS) is 10.1. The first kappa shape index (κ1) is 18.2. The van der Waals surface area contributed by atoms with Crippen molar-refractivity contribution in [2.45, 2.75) is 0 Å². The minimum absolute atomic E-state index is 1.06. The van der Waals surface area contributed by atoms with Gasteiger partial charge < -0.3 is 0 Å². The Hall–Kier alpha value is -3.15. The van der Waals surface area contributed by atoms with Crippen molar-refractivity contribution in [1.82, 2.24) is 15.0 Å². The van der Waals surface area contributed by atoms with E-state index in [1.54, 1.807) is 22.7 Å². The lowest BCUT2D eigenvalue weighted by molar-refractivity contribution is 1.41. The average Bonchev–Trinajstić information content (AvgIpc) is 3.44. The molecule has 0 saturated heterocycles. The summed E-state index contributed by atoms with van der Waals surface area (Å²) in [5.74, 6) is 0. The number of rotatable bonds is 0. The van der Waals surface area contributed by atoms with Crippen LogP contribution in [0, 0.1) is 0 Å². The van der Waals surface area contributed by atoms with Crippen LogP contribution in [-0.4, -0.2) is 15.0 Å². The number of hydrogen-bond donors (Lipinski definition) is 0. The molecule has 0 N–H and O–H groups in total. The zero-order chi connectivity index (χ0) is 19.0. The molecule has 0 saturated carbocycles. The van der Waals surface area contributed by atoms with Gasteiger partial charge >= 0.3 is 0 Å². The van der Waals surface area contributed by atoms with E-state index in [9.17, 15) is 0 Å². The Morgan fingerprint density at radius 2 is 0.964 bits per heavy atom. The van der Waals surface area contributed by atoms with E-state index >= 15 is 0 Å². The summed E-state index contributed by atoms with van der Waals surface area (Å²) in [5, 5.41) is 1.20. The fraction of sp³-hybridized carbons (Fsp3) is 0. The highest BCUT2D eigenvalue weighted by Crippen LogP contribution is 2.16. The van der Waals surface area contributed by atoms with Crippen LogP contribution in [0.4, 0.5) is 0 Å². The quantitative estimate of drug-likeness (QED) is 0.281. The largest absolute Gasteiger partial charge is 0.256 e. The summed E-state index contributed by atoms with van der Waals surface area (Å²) >= 11 is 3.35. The van der Waals surface area contributed by atoms with E-state index in [4.69, 9.17) is 0 Å². The first-order valence-corrected chi connectivity index (χ1v) is 10.5. The minimum Gasteiger partial charge on any atom is -0.256 e. The van der Waals surface area contributed by atoms with Crippen LogP contribution in [0.5, 0.6) is 0 Å². The van der Waals surface area contributed by atoms with Crippen LogP contribution in [0.25, 0.3) is 31.3 Å². The second-order valence-corrected chi connectivity index (χ2v) is 7.61. The Labute approximate surface area is 171 Å². The molecule has 0 aliphatic carbocycles. The number of aromatic nitrogens is 3. The van der Waals surface area contributed by atoms with Gasteiger partial charge in [0.15, 0.2) is 0 Å².